The van der Waals surface area contributed by atoms with Crippen molar-refractivity contribution < 1.29 is 14.3 Å². The van der Waals surface area contributed by atoms with Crippen LogP contribution in [0.1, 0.15) is 26.2 Å². The number of nitrogens with one attached hydrogen (secondary N) is 1. The second kappa shape index (κ2) is 4.64. The Balaban J connectivity index is 1.90. The first kappa shape index (κ1) is 12.4. The van der Waals surface area contributed by atoms with Crippen molar-refractivity contribution in [3.8, 4) is 0 Å². The predicted octanol–water partition coefficient (Wildman–Crippen LogP) is 0.150. The Morgan fingerprint density at radius 1 is 1.47 bits per heavy atom. The minimum absolute atomic E-state index is 0.0552. The number of likely N-dealkylation sites (tertiary alicyclic amines) is 1. The topological polar surface area (TPSA) is 58.6 Å². The minimum Gasteiger partial charge on any atom is -0.372 e. The van der Waals surface area contributed by atoms with Crippen molar-refractivity contribution in [3.05, 3.63) is 0 Å². The maximum Gasteiger partial charge on any atom is 0.251 e. The van der Waals surface area contributed by atoms with Gasteiger partial charge in [-0.3, -0.25) is 9.59 Å². The minimum atomic E-state index is -0.368. The number of nitrogens with zero attached hydrogens (tertiary/aromatic N) is 1. The third kappa shape index (κ3) is 2.44. The molecule has 2 rings (SSSR count). The molecule has 2 fully saturated rings. The van der Waals surface area contributed by atoms with Crippen molar-refractivity contribution in [1.82, 2.24) is 10.2 Å². The molecule has 5 heteroatoms. The molecule has 2 aliphatic heterocycles. The zero-order chi connectivity index (χ0) is 12.5. The summed E-state index contributed by atoms with van der Waals surface area (Å²) in [6, 6.07) is 0. The summed E-state index contributed by atoms with van der Waals surface area (Å²) in [6.45, 7) is 4.02. The molecule has 1 spiro atoms. The Hall–Kier alpha value is -1.10. The van der Waals surface area contributed by atoms with E-state index in [2.05, 4.69) is 5.32 Å². The van der Waals surface area contributed by atoms with Crippen LogP contribution in [-0.4, -0.2) is 49.6 Å². The van der Waals surface area contributed by atoms with Gasteiger partial charge in [0, 0.05) is 33.2 Å². The first-order valence-electron chi connectivity index (χ1n) is 6.15. The molecule has 0 aromatic carbocycles. The maximum atomic E-state index is 11.9. The van der Waals surface area contributed by atoms with Gasteiger partial charge in [0.2, 0.25) is 5.91 Å². The van der Waals surface area contributed by atoms with Gasteiger partial charge in [0.15, 0.2) is 0 Å². The summed E-state index contributed by atoms with van der Waals surface area (Å²) >= 11 is 0. The molecule has 0 aromatic heterocycles. The number of ether oxygens (including phenoxy) is 1. The summed E-state index contributed by atoms with van der Waals surface area (Å²) in [6.07, 6.45) is 2.07. The van der Waals surface area contributed by atoms with Crippen LogP contribution in [0.2, 0.25) is 0 Å². The van der Waals surface area contributed by atoms with Gasteiger partial charge < -0.3 is 15.0 Å². The van der Waals surface area contributed by atoms with Gasteiger partial charge in [0.05, 0.1) is 0 Å². The second-order valence-corrected chi connectivity index (χ2v) is 5.16. The first-order valence-corrected chi connectivity index (χ1v) is 6.15. The second-order valence-electron chi connectivity index (χ2n) is 5.16. The standard InChI is InChI=1S/C12H20N2O3/c1-9(17-2)11(16)14-5-3-12(4-6-14)7-10(15)13-8-12/h9H,3-8H2,1-2H3,(H,13,15). The average Bonchev–Trinajstić information content (AvgIpc) is 2.70. The highest BCUT2D eigenvalue weighted by atomic mass is 16.5. The van der Waals surface area contributed by atoms with Crippen LogP contribution in [0.15, 0.2) is 0 Å². The lowest BCUT2D eigenvalue weighted by molar-refractivity contribution is -0.143. The summed E-state index contributed by atoms with van der Waals surface area (Å²) in [5.74, 6) is 0.203. The van der Waals surface area contributed by atoms with Crippen molar-refractivity contribution >= 4 is 11.8 Å². The highest BCUT2D eigenvalue weighted by molar-refractivity contribution is 5.81. The van der Waals surface area contributed by atoms with E-state index >= 15 is 0 Å². The molecular formula is C12H20N2O3. The summed E-state index contributed by atoms with van der Waals surface area (Å²) in [5, 5.41) is 2.89. The van der Waals surface area contributed by atoms with Gasteiger partial charge in [-0.1, -0.05) is 0 Å². The first-order chi connectivity index (χ1) is 8.06. The molecule has 1 unspecified atom stereocenters. The Labute approximate surface area is 101 Å². The summed E-state index contributed by atoms with van der Waals surface area (Å²) in [7, 11) is 1.55. The van der Waals surface area contributed by atoms with E-state index in [9.17, 15) is 9.59 Å². The van der Waals surface area contributed by atoms with E-state index in [1.54, 1.807) is 14.0 Å². The molecule has 0 aromatic rings. The molecule has 0 saturated carbocycles. The van der Waals surface area contributed by atoms with E-state index in [0.29, 0.717) is 6.42 Å². The van der Waals surface area contributed by atoms with Gasteiger partial charge >= 0.3 is 0 Å². The van der Waals surface area contributed by atoms with E-state index < -0.39 is 0 Å². The van der Waals surface area contributed by atoms with Gasteiger partial charge in [0.1, 0.15) is 6.10 Å². The van der Waals surface area contributed by atoms with E-state index in [0.717, 1.165) is 32.5 Å². The number of carbonyl (C=O) groups is 2. The Kier molecular flexibility index (Phi) is 3.38. The fourth-order valence-corrected chi connectivity index (χ4v) is 2.66. The fraction of sp³-hybridized carbons (Fsp3) is 0.833. The summed E-state index contributed by atoms with van der Waals surface area (Å²) in [4.78, 5) is 25.0. The number of amides is 2. The Morgan fingerprint density at radius 2 is 2.12 bits per heavy atom. The van der Waals surface area contributed by atoms with E-state index in [1.807, 2.05) is 4.90 Å². The van der Waals surface area contributed by atoms with Crippen LogP contribution >= 0.6 is 0 Å². The van der Waals surface area contributed by atoms with Crippen LogP contribution in [0.5, 0.6) is 0 Å². The number of hydrogen-bond acceptors (Lipinski definition) is 3. The van der Waals surface area contributed by atoms with Gasteiger partial charge in [-0.05, 0) is 25.2 Å². The molecule has 0 aliphatic carbocycles. The van der Waals surface area contributed by atoms with E-state index in [-0.39, 0.29) is 23.3 Å². The zero-order valence-electron chi connectivity index (χ0n) is 10.5. The molecule has 0 bridgehead atoms. The number of carbonyl (C=O) groups excluding carboxylic acids is 2. The van der Waals surface area contributed by atoms with Gasteiger partial charge in [-0.2, -0.15) is 0 Å². The highest BCUT2D eigenvalue weighted by Gasteiger charge is 2.41. The van der Waals surface area contributed by atoms with Crippen molar-refractivity contribution in [2.24, 2.45) is 5.41 Å². The smallest absolute Gasteiger partial charge is 0.251 e. The number of hydrogen-bond donors (Lipinski definition) is 1. The molecule has 17 heavy (non-hydrogen) atoms. The average molecular weight is 240 g/mol. The molecule has 1 atom stereocenters. The zero-order valence-corrected chi connectivity index (χ0v) is 10.5. The molecule has 2 amide bonds. The lowest BCUT2D eigenvalue weighted by Crippen LogP contribution is -2.47. The van der Waals surface area contributed by atoms with Crippen molar-refractivity contribution in [3.63, 3.8) is 0 Å². The van der Waals surface area contributed by atoms with Crippen LogP contribution in [-0.2, 0) is 14.3 Å². The lowest BCUT2D eigenvalue weighted by Gasteiger charge is -2.38. The van der Waals surface area contributed by atoms with Crippen molar-refractivity contribution in [2.75, 3.05) is 26.7 Å². The SMILES string of the molecule is COC(C)C(=O)N1CCC2(CC1)CNC(=O)C2. The lowest BCUT2D eigenvalue weighted by atomic mass is 9.77. The number of piperidine rings is 1. The highest BCUT2D eigenvalue weighted by Crippen LogP contribution is 2.37. The van der Waals surface area contributed by atoms with Crippen LogP contribution in [0, 0.1) is 5.41 Å². The largest absolute Gasteiger partial charge is 0.372 e. The van der Waals surface area contributed by atoms with Gasteiger partial charge in [-0.15, -0.1) is 0 Å². The molecule has 2 saturated heterocycles. The van der Waals surface area contributed by atoms with E-state index in [1.165, 1.54) is 0 Å². The van der Waals surface area contributed by atoms with Gasteiger partial charge in [-0.25, -0.2) is 0 Å². The third-order valence-corrected chi connectivity index (χ3v) is 4.03. The molecular weight excluding hydrogens is 220 g/mol. The molecule has 0 radical (unpaired) electrons. The third-order valence-electron chi connectivity index (χ3n) is 4.03. The van der Waals surface area contributed by atoms with Gasteiger partial charge in [0.25, 0.3) is 5.91 Å². The molecule has 5 nitrogen and oxygen atoms in total. The number of methoxy groups -OCH3 is 1. The van der Waals surface area contributed by atoms with Crippen molar-refractivity contribution in [1.29, 1.82) is 0 Å². The Morgan fingerprint density at radius 3 is 2.59 bits per heavy atom. The fourth-order valence-electron chi connectivity index (χ4n) is 2.66. The number of rotatable bonds is 2. The predicted molar refractivity (Wildman–Crippen MR) is 62.3 cm³/mol. The molecule has 96 valence electrons. The molecule has 2 aliphatic rings. The van der Waals surface area contributed by atoms with Crippen LogP contribution < -0.4 is 5.32 Å². The quantitative estimate of drug-likeness (QED) is 0.747. The van der Waals surface area contributed by atoms with Crippen LogP contribution in [0.25, 0.3) is 0 Å². The monoisotopic (exact) mass is 240 g/mol. The summed E-state index contributed by atoms with van der Waals surface area (Å²) < 4.78 is 5.04. The molecule has 2 heterocycles. The van der Waals surface area contributed by atoms with E-state index in [4.69, 9.17) is 4.74 Å². The maximum absolute atomic E-state index is 11.9. The molecule has 1 N–H and O–H groups in total. The Bertz CT molecular complexity index is 322. The normalized spacial score (nSPS) is 24.8. The summed E-state index contributed by atoms with van der Waals surface area (Å²) in [5.41, 5.74) is 0.101. The van der Waals surface area contributed by atoms with Crippen LogP contribution in [0.3, 0.4) is 0 Å². The van der Waals surface area contributed by atoms with Crippen LogP contribution in [0.4, 0.5) is 0 Å². The van der Waals surface area contributed by atoms with Crippen molar-refractivity contribution in [2.45, 2.75) is 32.3 Å².